The number of aromatic nitrogens is 1. The van der Waals surface area contributed by atoms with Crippen LogP contribution in [0.15, 0.2) is 9.72 Å². The number of aromatic carboxylic acids is 1. The lowest BCUT2D eigenvalue weighted by Crippen LogP contribution is -2.43. The van der Waals surface area contributed by atoms with Crippen LogP contribution in [0.4, 0.5) is 0 Å². The number of thiazole rings is 1. The van der Waals surface area contributed by atoms with Crippen LogP contribution in [0.2, 0.25) is 0 Å². The van der Waals surface area contributed by atoms with Crippen LogP contribution in [0.3, 0.4) is 0 Å². The number of likely N-dealkylation sites (N-methyl/N-ethyl adjacent to an activating group) is 1. The molecule has 0 saturated carbocycles. The van der Waals surface area contributed by atoms with Gasteiger partial charge in [0.05, 0.1) is 0 Å². The average Bonchev–Trinajstić information content (AvgIpc) is 3.08. The lowest BCUT2D eigenvalue weighted by Gasteiger charge is -2.30. The summed E-state index contributed by atoms with van der Waals surface area (Å²) in [6.45, 7) is 5.88. The third-order valence-electron chi connectivity index (χ3n) is 4.09. The molecule has 1 aromatic heterocycles. The summed E-state index contributed by atoms with van der Waals surface area (Å²) >= 11 is 2.85. The van der Waals surface area contributed by atoms with Gasteiger partial charge in [-0.25, -0.2) is 9.78 Å². The fourth-order valence-corrected chi connectivity index (χ4v) is 4.30. The minimum atomic E-state index is -1.00. The van der Waals surface area contributed by atoms with Gasteiger partial charge in [-0.1, -0.05) is 11.8 Å². The smallest absolute Gasteiger partial charge is 0.355 e. The highest BCUT2D eigenvalue weighted by Gasteiger charge is 2.31. The second kappa shape index (κ2) is 8.12. The van der Waals surface area contributed by atoms with Crippen molar-refractivity contribution in [3.8, 4) is 0 Å². The van der Waals surface area contributed by atoms with Crippen LogP contribution >= 0.6 is 23.1 Å². The van der Waals surface area contributed by atoms with E-state index in [0.29, 0.717) is 19.0 Å². The van der Waals surface area contributed by atoms with Gasteiger partial charge in [0.15, 0.2) is 10.0 Å². The Bertz CT molecular complexity index is 562. The highest BCUT2D eigenvalue weighted by Crippen LogP contribution is 2.25. The van der Waals surface area contributed by atoms with Crippen LogP contribution < -0.4 is 0 Å². The highest BCUT2D eigenvalue weighted by atomic mass is 32.2. The second-order valence-corrected chi connectivity index (χ2v) is 8.17. The Balaban J connectivity index is 1.84. The number of hydrogen-bond acceptors (Lipinski definition) is 6. The lowest BCUT2D eigenvalue weighted by atomic mass is 10.2. The number of amides is 1. The summed E-state index contributed by atoms with van der Waals surface area (Å²) in [5.41, 5.74) is 0.0891. The minimum Gasteiger partial charge on any atom is -0.476 e. The van der Waals surface area contributed by atoms with Gasteiger partial charge in [-0.05, 0) is 27.3 Å². The molecular weight excluding hydrogens is 334 g/mol. The molecule has 1 aliphatic heterocycles. The van der Waals surface area contributed by atoms with Crippen LogP contribution in [0.1, 0.15) is 37.2 Å². The van der Waals surface area contributed by atoms with Crippen LogP contribution in [-0.2, 0) is 4.79 Å². The lowest BCUT2D eigenvalue weighted by molar-refractivity contribution is -0.128. The normalized spacial score (nSPS) is 18.4. The number of rotatable bonds is 8. The Morgan fingerprint density at radius 3 is 2.96 bits per heavy atom. The van der Waals surface area contributed by atoms with E-state index in [1.807, 2.05) is 4.90 Å². The number of thioether (sulfide) groups is 1. The maximum absolute atomic E-state index is 12.1. The molecule has 23 heavy (non-hydrogen) atoms. The van der Waals surface area contributed by atoms with E-state index in [-0.39, 0.29) is 17.6 Å². The molecule has 8 heteroatoms. The molecular formula is C15H23N3O3S2. The Kier molecular flexibility index (Phi) is 6.43. The summed E-state index contributed by atoms with van der Waals surface area (Å²) in [4.78, 5) is 31.2. The van der Waals surface area contributed by atoms with Crippen LogP contribution in [0, 0.1) is 0 Å². The van der Waals surface area contributed by atoms with E-state index in [9.17, 15) is 9.59 Å². The molecule has 2 rings (SSSR count). The third kappa shape index (κ3) is 4.92. The van der Waals surface area contributed by atoms with Gasteiger partial charge in [0.25, 0.3) is 0 Å². The standard InChI is InChI=1S/C15H23N3O3S2/c1-10(2)17(3)8-11-4-5-13(19)18(11)6-7-22-15-16-12(9-23-15)14(20)21/h9-11H,4-8H2,1-3H3,(H,20,21). The van der Waals surface area contributed by atoms with Crippen molar-refractivity contribution in [2.24, 2.45) is 0 Å². The number of carboxylic acid groups (broad SMARTS) is 1. The monoisotopic (exact) mass is 357 g/mol. The molecule has 1 unspecified atom stereocenters. The van der Waals surface area contributed by atoms with Gasteiger partial charge >= 0.3 is 5.97 Å². The number of carboxylic acids is 1. The van der Waals surface area contributed by atoms with E-state index in [1.54, 1.807) is 5.38 Å². The summed E-state index contributed by atoms with van der Waals surface area (Å²) in [7, 11) is 2.09. The van der Waals surface area contributed by atoms with Crippen molar-refractivity contribution < 1.29 is 14.7 Å². The SMILES string of the molecule is CC(C)N(C)CC1CCC(=O)N1CCSc1nc(C(=O)O)cs1. The first-order valence-corrected chi connectivity index (χ1v) is 9.56. The first kappa shape index (κ1) is 18.2. The fraction of sp³-hybridized carbons (Fsp3) is 0.667. The molecule has 2 heterocycles. The Hall–Kier alpha value is -1.12. The summed E-state index contributed by atoms with van der Waals surface area (Å²) in [6, 6.07) is 0.744. The van der Waals surface area contributed by atoms with E-state index < -0.39 is 5.97 Å². The van der Waals surface area contributed by atoms with Crippen LogP contribution in [0.5, 0.6) is 0 Å². The van der Waals surface area contributed by atoms with E-state index in [1.165, 1.54) is 23.1 Å². The molecule has 1 N–H and O–H groups in total. The van der Waals surface area contributed by atoms with Crippen molar-refractivity contribution in [2.75, 3.05) is 25.9 Å². The van der Waals surface area contributed by atoms with Crippen LogP contribution in [-0.4, -0.2) is 69.7 Å². The Morgan fingerprint density at radius 2 is 2.35 bits per heavy atom. The van der Waals surface area contributed by atoms with Gasteiger partial charge in [-0.3, -0.25) is 4.79 Å². The topological polar surface area (TPSA) is 73.7 Å². The van der Waals surface area contributed by atoms with E-state index in [0.717, 1.165) is 23.1 Å². The molecule has 0 aliphatic carbocycles. The van der Waals surface area contributed by atoms with Crippen molar-refractivity contribution >= 4 is 35.0 Å². The first-order chi connectivity index (χ1) is 10.9. The average molecular weight is 358 g/mol. The van der Waals surface area contributed by atoms with Gasteiger partial charge < -0.3 is 14.9 Å². The second-order valence-electron chi connectivity index (χ2n) is 5.97. The minimum absolute atomic E-state index is 0.0891. The molecule has 0 aromatic carbocycles. The van der Waals surface area contributed by atoms with Gasteiger partial charge in [-0.15, -0.1) is 11.3 Å². The molecule has 1 atom stereocenters. The molecule has 0 radical (unpaired) electrons. The van der Waals surface area contributed by atoms with Crippen molar-refractivity contribution in [2.45, 2.75) is 43.1 Å². The highest BCUT2D eigenvalue weighted by molar-refractivity contribution is 8.01. The third-order valence-corrected chi connectivity index (χ3v) is 6.09. The summed E-state index contributed by atoms with van der Waals surface area (Å²) in [5.74, 6) is -0.0436. The van der Waals surface area contributed by atoms with Crippen LogP contribution in [0.25, 0.3) is 0 Å². The molecule has 1 aromatic rings. The van der Waals surface area contributed by atoms with Crippen molar-refractivity contribution in [1.82, 2.24) is 14.8 Å². The maximum atomic E-state index is 12.1. The number of carbonyl (C=O) groups excluding carboxylic acids is 1. The molecule has 128 valence electrons. The number of nitrogens with zero attached hydrogens (tertiary/aromatic N) is 3. The molecule has 6 nitrogen and oxygen atoms in total. The van der Waals surface area contributed by atoms with Crippen molar-refractivity contribution in [1.29, 1.82) is 0 Å². The first-order valence-electron chi connectivity index (χ1n) is 7.69. The van der Waals surface area contributed by atoms with Gasteiger partial charge in [0.1, 0.15) is 0 Å². The van der Waals surface area contributed by atoms with Crippen molar-refractivity contribution in [3.63, 3.8) is 0 Å². The number of carbonyl (C=O) groups is 2. The zero-order valence-corrected chi connectivity index (χ0v) is 15.3. The Morgan fingerprint density at radius 1 is 1.61 bits per heavy atom. The number of likely N-dealkylation sites (tertiary alicyclic amines) is 1. The predicted octanol–water partition coefficient (Wildman–Crippen LogP) is 2.26. The molecule has 1 amide bonds. The van der Waals surface area contributed by atoms with E-state index in [4.69, 9.17) is 5.11 Å². The molecule has 1 aliphatic rings. The van der Waals surface area contributed by atoms with Gasteiger partial charge in [0, 0.05) is 42.7 Å². The fourth-order valence-electron chi connectivity index (χ4n) is 2.49. The van der Waals surface area contributed by atoms with Gasteiger partial charge in [-0.2, -0.15) is 0 Å². The predicted molar refractivity (Wildman–Crippen MR) is 92.3 cm³/mol. The number of hydrogen-bond donors (Lipinski definition) is 1. The zero-order chi connectivity index (χ0) is 17.0. The largest absolute Gasteiger partial charge is 0.476 e. The summed E-state index contributed by atoms with van der Waals surface area (Å²) in [5, 5.41) is 10.4. The maximum Gasteiger partial charge on any atom is 0.355 e. The molecule has 1 fully saturated rings. The molecule has 0 spiro atoms. The molecule has 0 bridgehead atoms. The summed E-state index contributed by atoms with van der Waals surface area (Å²) < 4.78 is 0.741. The quantitative estimate of drug-likeness (QED) is 0.720. The zero-order valence-electron chi connectivity index (χ0n) is 13.7. The van der Waals surface area contributed by atoms with Crippen molar-refractivity contribution in [3.05, 3.63) is 11.1 Å². The summed E-state index contributed by atoms with van der Waals surface area (Å²) in [6.07, 6.45) is 1.54. The van der Waals surface area contributed by atoms with Gasteiger partial charge in [0.2, 0.25) is 5.91 Å². The Labute approximate surface area is 144 Å². The van der Waals surface area contributed by atoms with E-state index >= 15 is 0 Å². The molecule has 1 saturated heterocycles. The van der Waals surface area contributed by atoms with E-state index in [2.05, 4.69) is 30.8 Å².